The quantitative estimate of drug-likeness (QED) is 0.518. The van der Waals surface area contributed by atoms with Gasteiger partial charge in [-0.1, -0.05) is 42.5 Å². The van der Waals surface area contributed by atoms with Crippen molar-refractivity contribution in [1.82, 2.24) is 15.5 Å². The van der Waals surface area contributed by atoms with E-state index in [-0.39, 0.29) is 5.54 Å². The molecule has 0 spiro atoms. The molecule has 2 aromatic rings. The Balaban J connectivity index is 1.47. The Hall–Kier alpha value is -2.57. The van der Waals surface area contributed by atoms with E-state index in [4.69, 9.17) is 9.47 Å². The van der Waals surface area contributed by atoms with Gasteiger partial charge < -0.3 is 20.1 Å². The molecule has 0 amide bonds. The monoisotopic (exact) mass is 410 g/mol. The number of aliphatic imine (C=N–C) groups is 1. The van der Waals surface area contributed by atoms with E-state index in [0.717, 1.165) is 55.7 Å². The fourth-order valence-electron chi connectivity index (χ4n) is 3.47. The normalized spacial score (nSPS) is 15.6. The van der Waals surface area contributed by atoms with E-state index in [0.29, 0.717) is 13.2 Å². The number of rotatable bonds is 8. The Morgan fingerprint density at radius 3 is 2.50 bits per heavy atom. The summed E-state index contributed by atoms with van der Waals surface area (Å²) < 4.78 is 11.4. The molecular formula is C24H34N4O2. The first-order valence-electron chi connectivity index (χ1n) is 10.6. The van der Waals surface area contributed by atoms with Crippen molar-refractivity contribution in [2.75, 3.05) is 39.9 Å². The zero-order chi connectivity index (χ0) is 21.2. The van der Waals surface area contributed by atoms with Gasteiger partial charge in [0.15, 0.2) is 5.96 Å². The fraction of sp³-hybridized carbons (Fsp3) is 0.458. The first-order valence-corrected chi connectivity index (χ1v) is 10.6. The summed E-state index contributed by atoms with van der Waals surface area (Å²) >= 11 is 0. The van der Waals surface area contributed by atoms with Crippen LogP contribution in [0.3, 0.4) is 0 Å². The molecule has 0 unspecified atom stereocenters. The maximum atomic E-state index is 5.94. The molecule has 1 aliphatic heterocycles. The topological polar surface area (TPSA) is 58.1 Å². The average Bonchev–Trinajstić information content (AvgIpc) is 2.79. The van der Waals surface area contributed by atoms with Crippen LogP contribution in [0.5, 0.6) is 5.75 Å². The standard InChI is InChI=1S/C24H34N4O2/c1-24(2,28-12-14-29-15-13-28)19-27-23(25-3)26-17-21-10-7-11-22(16-21)30-18-20-8-5-4-6-9-20/h4-11,16H,12-15,17-19H2,1-3H3,(H2,25,26,27). The average molecular weight is 411 g/mol. The second-order valence-electron chi connectivity index (χ2n) is 8.11. The minimum Gasteiger partial charge on any atom is -0.489 e. The molecule has 0 aliphatic carbocycles. The van der Waals surface area contributed by atoms with Gasteiger partial charge in [0.1, 0.15) is 12.4 Å². The minimum absolute atomic E-state index is 0.0343. The number of hydrogen-bond acceptors (Lipinski definition) is 4. The summed E-state index contributed by atoms with van der Waals surface area (Å²) in [5.74, 6) is 1.67. The first kappa shape index (κ1) is 22.1. The molecule has 0 atom stereocenters. The summed E-state index contributed by atoms with van der Waals surface area (Å²) in [5.41, 5.74) is 2.34. The summed E-state index contributed by atoms with van der Waals surface area (Å²) in [6, 6.07) is 18.4. The van der Waals surface area contributed by atoms with Crippen LogP contribution in [0.1, 0.15) is 25.0 Å². The maximum absolute atomic E-state index is 5.94. The molecule has 2 N–H and O–H groups in total. The van der Waals surface area contributed by atoms with Crippen LogP contribution >= 0.6 is 0 Å². The zero-order valence-electron chi connectivity index (χ0n) is 18.4. The second-order valence-corrected chi connectivity index (χ2v) is 8.11. The number of nitrogens with zero attached hydrogens (tertiary/aromatic N) is 2. The van der Waals surface area contributed by atoms with E-state index in [9.17, 15) is 0 Å². The maximum Gasteiger partial charge on any atom is 0.191 e. The van der Waals surface area contributed by atoms with Crippen molar-refractivity contribution >= 4 is 5.96 Å². The van der Waals surface area contributed by atoms with Gasteiger partial charge in [0.05, 0.1) is 13.2 Å². The van der Waals surface area contributed by atoms with E-state index in [1.807, 2.05) is 30.3 Å². The number of nitrogens with one attached hydrogen (secondary N) is 2. The van der Waals surface area contributed by atoms with Crippen molar-refractivity contribution in [2.45, 2.75) is 32.5 Å². The van der Waals surface area contributed by atoms with E-state index < -0.39 is 0 Å². The van der Waals surface area contributed by atoms with Gasteiger partial charge in [-0.3, -0.25) is 9.89 Å². The van der Waals surface area contributed by atoms with Crippen LogP contribution in [-0.4, -0.2) is 56.3 Å². The molecule has 30 heavy (non-hydrogen) atoms. The van der Waals surface area contributed by atoms with Crippen molar-refractivity contribution in [1.29, 1.82) is 0 Å². The lowest BCUT2D eigenvalue weighted by molar-refractivity contribution is -0.00834. The molecule has 162 valence electrons. The molecule has 6 heteroatoms. The summed E-state index contributed by atoms with van der Waals surface area (Å²) in [7, 11) is 1.80. The molecule has 2 aromatic carbocycles. The molecule has 0 radical (unpaired) electrons. The number of ether oxygens (including phenoxy) is 2. The first-order chi connectivity index (χ1) is 14.6. The summed E-state index contributed by atoms with van der Waals surface area (Å²) in [6.07, 6.45) is 0. The van der Waals surface area contributed by atoms with Crippen LogP contribution in [0.4, 0.5) is 0 Å². The van der Waals surface area contributed by atoms with Crippen LogP contribution in [0.2, 0.25) is 0 Å². The largest absolute Gasteiger partial charge is 0.489 e. The molecular weight excluding hydrogens is 376 g/mol. The summed E-state index contributed by atoms with van der Waals surface area (Å²) in [4.78, 5) is 6.83. The lowest BCUT2D eigenvalue weighted by atomic mass is 10.0. The number of benzene rings is 2. The van der Waals surface area contributed by atoms with Gasteiger partial charge in [-0.05, 0) is 37.1 Å². The number of guanidine groups is 1. The third kappa shape index (κ3) is 6.75. The summed E-state index contributed by atoms with van der Waals surface area (Å²) in [6.45, 7) is 10.1. The Morgan fingerprint density at radius 2 is 1.77 bits per heavy atom. The molecule has 1 fully saturated rings. The Bertz CT molecular complexity index is 802. The Kier molecular flexibility index (Phi) is 8.11. The Morgan fingerprint density at radius 1 is 1.03 bits per heavy atom. The van der Waals surface area contributed by atoms with Gasteiger partial charge in [0, 0.05) is 38.8 Å². The van der Waals surface area contributed by atoms with Crippen LogP contribution in [-0.2, 0) is 17.9 Å². The van der Waals surface area contributed by atoms with Gasteiger partial charge in [-0.15, -0.1) is 0 Å². The minimum atomic E-state index is 0.0343. The van der Waals surface area contributed by atoms with Crippen LogP contribution in [0.25, 0.3) is 0 Å². The molecule has 0 saturated carbocycles. The van der Waals surface area contributed by atoms with Crippen LogP contribution in [0.15, 0.2) is 59.6 Å². The molecule has 6 nitrogen and oxygen atoms in total. The van der Waals surface area contributed by atoms with Crippen molar-refractivity contribution in [3.63, 3.8) is 0 Å². The van der Waals surface area contributed by atoms with Crippen molar-refractivity contribution in [3.05, 3.63) is 65.7 Å². The van der Waals surface area contributed by atoms with E-state index >= 15 is 0 Å². The number of hydrogen-bond donors (Lipinski definition) is 2. The lowest BCUT2D eigenvalue weighted by Gasteiger charge is -2.41. The molecule has 1 heterocycles. The molecule has 0 bridgehead atoms. The van der Waals surface area contributed by atoms with Crippen molar-refractivity contribution < 1.29 is 9.47 Å². The van der Waals surface area contributed by atoms with Crippen LogP contribution in [0, 0.1) is 0 Å². The van der Waals surface area contributed by atoms with Gasteiger partial charge in [0.25, 0.3) is 0 Å². The van der Waals surface area contributed by atoms with Gasteiger partial charge in [0.2, 0.25) is 0 Å². The van der Waals surface area contributed by atoms with Gasteiger partial charge in [-0.25, -0.2) is 0 Å². The van der Waals surface area contributed by atoms with Crippen LogP contribution < -0.4 is 15.4 Å². The molecule has 3 rings (SSSR count). The highest BCUT2D eigenvalue weighted by molar-refractivity contribution is 5.79. The molecule has 1 aliphatic rings. The predicted molar refractivity (Wildman–Crippen MR) is 122 cm³/mol. The summed E-state index contributed by atoms with van der Waals surface area (Å²) in [5, 5.41) is 6.87. The van der Waals surface area contributed by atoms with E-state index in [1.165, 1.54) is 0 Å². The SMILES string of the molecule is CN=C(NCc1cccc(OCc2ccccc2)c1)NCC(C)(C)N1CCOCC1. The molecule has 1 saturated heterocycles. The van der Waals surface area contributed by atoms with Gasteiger partial charge in [-0.2, -0.15) is 0 Å². The third-order valence-electron chi connectivity index (χ3n) is 5.39. The fourth-order valence-corrected chi connectivity index (χ4v) is 3.47. The predicted octanol–water partition coefficient (Wildman–Crippen LogP) is 3.04. The Labute approximate surface area is 180 Å². The van der Waals surface area contributed by atoms with Gasteiger partial charge >= 0.3 is 0 Å². The van der Waals surface area contributed by atoms with E-state index in [1.54, 1.807) is 7.05 Å². The smallest absolute Gasteiger partial charge is 0.191 e. The van der Waals surface area contributed by atoms with Crippen molar-refractivity contribution in [2.24, 2.45) is 4.99 Å². The van der Waals surface area contributed by atoms with Crippen molar-refractivity contribution in [3.8, 4) is 5.75 Å². The molecule has 0 aromatic heterocycles. The highest BCUT2D eigenvalue weighted by atomic mass is 16.5. The van der Waals surface area contributed by atoms with E-state index in [2.05, 4.69) is 58.6 Å². The highest BCUT2D eigenvalue weighted by Gasteiger charge is 2.28. The second kappa shape index (κ2) is 11.0. The lowest BCUT2D eigenvalue weighted by Crippen LogP contribution is -2.56. The zero-order valence-corrected chi connectivity index (χ0v) is 18.4. The number of morpholine rings is 1. The highest BCUT2D eigenvalue weighted by Crippen LogP contribution is 2.16. The third-order valence-corrected chi connectivity index (χ3v) is 5.39.